The largest absolute Gasteiger partial charge is 0.433 e. The number of rotatable bonds is 4. The molecule has 2 N–H and O–H groups in total. The molecule has 2 heterocycles. The summed E-state index contributed by atoms with van der Waals surface area (Å²) in [5.41, 5.74) is -1.13. The maximum absolute atomic E-state index is 12.5. The van der Waals surface area contributed by atoms with Crippen molar-refractivity contribution in [2.45, 2.75) is 38.9 Å². The standard InChI is InChI=1S/C16H18F3N3O3/c1-8(2)5-10-6-11(23)13(15(25)22-10)14(24)21-9-3-4-12(20-7-9)16(17,18)19/h3-4,7-8,10,13H,5-6H2,1-2H3,(H,21,24)(H,22,25). The van der Waals surface area contributed by atoms with Crippen molar-refractivity contribution in [3.05, 3.63) is 24.0 Å². The summed E-state index contributed by atoms with van der Waals surface area (Å²) in [4.78, 5) is 39.5. The van der Waals surface area contributed by atoms with Gasteiger partial charge in [0.25, 0.3) is 0 Å². The average molecular weight is 357 g/mol. The molecule has 2 rings (SSSR count). The number of carbonyl (C=O) groups is 3. The van der Waals surface area contributed by atoms with Crippen LogP contribution in [0.1, 0.15) is 32.4 Å². The maximum Gasteiger partial charge on any atom is 0.433 e. The second kappa shape index (κ2) is 7.20. The van der Waals surface area contributed by atoms with E-state index in [-0.39, 0.29) is 24.1 Å². The Kier molecular flexibility index (Phi) is 5.44. The Labute approximate surface area is 142 Å². The molecule has 0 radical (unpaired) electrons. The van der Waals surface area contributed by atoms with Gasteiger partial charge in [0.15, 0.2) is 11.7 Å². The summed E-state index contributed by atoms with van der Waals surface area (Å²) in [6.45, 7) is 3.90. The van der Waals surface area contributed by atoms with Gasteiger partial charge in [-0.25, -0.2) is 4.98 Å². The van der Waals surface area contributed by atoms with Crippen LogP contribution in [0.5, 0.6) is 0 Å². The van der Waals surface area contributed by atoms with Crippen LogP contribution in [0.4, 0.5) is 18.9 Å². The third-order valence-corrected chi connectivity index (χ3v) is 3.72. The first-order valence-electron chi connectivity index (χ1n) is 7.75. The molecule has 2 amide bonds. The third-order valence-electron chi connectivity index (χ3n) is 3.72. The molecule has 1 aliphatic rings. The first kappa shape index (κ1) is 18.9. The third kappa shape index (κ3) is 4.77. The predicted octanol–water partition coefficient (Wildman–Crippen LogP) is 2.16. The van der Waals surface area contributed by atoms with Crippen LogP contribution < -0.4 is 10.6 Å². The van der Waals surface area contributed by atoms with Crippen LogP contribution in [0.3, 0.4) is 0 Å². The van der Waals surface area contributed by atoms with E-state index < -0.39 is 35.4 Å². The summed E-state index contributed by atoms with van der Waals surface area (Å²) in [5, 5.41) is 4.90. The lowest BCUT2D eigenvalue weighted by Crippen LogP contribution is -2.53. The number of pyridine rings is 1. The van der Waals surface area contributed by atoms with Gasteiger partial charge in [-0.3, -0.25) is 14.4 Å². The molecule has 1 aromatic heterocycles. The fraction of sp³-hybridized carbons (Fsp3) is 0.500. The summed E-state index contributed by atoms with van der Waals surface area (Å²) < 4.78 is 37.4. The number of hydrogen-bond donors (Lipinski definition) is 2. The molecule has 0 bridgehead atoms. The molecule has 1 fully saturated rings. The smallest absolute Gasteiger partial charge is 0.352 e. The number of alkyl halides is 3. The Morgan fingerprint density at radius 1 is 1.36 bits per heavy atom. The number of carbonyl (C=O) groups excluding carboxylic acids is 3. The highest BCUT2D eigenvalue weighted by atomic mass is 19.4. The second-order valence-electron chi connectivity index (χ2n) is 6.36. The van der Waals surface area contributed by atoms with Crippen molar-refractivity contribution in [1.29, 1.82) is 0 Å². The lowest BCUT2D eigenvalue weighted by Gasteiger charge is -2.28. The van der Waals surface area contributed by atoms with Crippen molar-refractivity contribution in [3.8, 4) is 0 Å². The fourth-order valence-corrected chi connectivity index (χ4v) is 2.67. The van der Waals surface area contributed by atoms with Crippen LogP contribution in [0, 0.1) is 11.8 Å². The van der Waals surface area contributed by atoms with E-state index in [9.17, 15) is 27.6 Å². The van der Waals surface area contributed by atoms with Gasteiger partial charge in [-0.15, -0.1) is 0 Å². The molecule has 6 nitrogen and oxygen atoms in total. The molecule has 0 aromatic carbocycles. The number of hydrogen-bond acceptors (Lipinski definition) is 4. The Hall–Kier alpha value is -2.45. The van der Waals surface area contributed by atoms with Gasteiger partial charge in [-0.1, -0.05) is 13.8 Å². The van der Waals surface area contributed by atoms with E-state index in [0.717, 1.165) is 12.3 Å². The van der Waals surface area contributed by atoms with Crippen molar-refractivity contribution < 1.29 is 27.6 Å². The Bertz CT molecular complexity index is 653. The molecular formula is C16H18F3N3O3. The summed E-state index contributed by atoms with van der Waals surface area (Å²) in [6, 6.07) is 1.41. The van der Waals surface area contributed by atoms with E-state index in [4.69, 9.17) is 0 Å². The second-order valence-corrected chi connectivity index (χ2v) is 6.36. The number of aromatic nitrogens is 1. The molecule has 2 atom stereocenters. The summed E-state index contributed by atoms with van der Waals surface area (Å²) in [7, 11) is 0. The molecule has 25 heavy (non-hydrogen) atoms. The van der Waals surface area contributed by atoms with Gasteiger partial charge in [0.2, 0.25) is 11.8 Å². The molecule has 1 saturated heterocycles. The van der Waals surface area contributed by atoms with Gasteiger partial charge in [-0.2, -0.15) is 13.2 Å². The highest BCUT2D eigenvalue weighted by Gasteiger charge is 2.40. The number of halogens is 3. The van der Waals surface area contributed by atoms with E-state index >= 15 is 0 Å². The predicted molar refractivity (Wildman–Crippen MR) is 82.4 cm³/mol. The SMILES string of the molecule is CC(C)CC1CC(=O)C(C(=O)Nc2ccc(C(F)(F)F)nc2)C(=O)N1. The number of nitrogens with one attached hydrogen (secondary N) is 2. The topological polar surface area (TPSA) is 88.2 Å². The van der Waals surface area contributed by atoms with Crippen LogP contribution >= 0.6 is 0 Å². The summed E-state index contributed by atoms with van der Waals surface area (Å²) >= 11 is 0. The normalized spacial score (nSPS) is 21.2. The minimum absolute atomic E-state index is 0.0251. The van der Waals surface area contributed by atoms with Gasteiger partial charge in [-0.05, 0) is 24.5 Å². The first-order chi connectivity index (χ1) is 11.6. The number of anilines is 1. The Morgan fingerprint density at radius 2 is 2.04 bits per heavy atom. The van der Waals surface area contributed by atoms with Gasteiger partial charge < -0.3 is 10.6 Å². The fourth-order valence-electron chi connectivity index (χ4n) is 2.67. The van der Waals surface area contributed by atoms with E-state index in [1.807, 2.05) is 13.8 Å². The summed E-state index contributed by atoms with van der Waals surface area (Å²) in [6.07, 6.45) is -3.09. The van der Waals surface area contributed by atoms with Crippen molar-refractivity contribution in [1.82, 2.24) is 10.3 Å². The summed E-state index contributed by atoms with van der Waals surface area (Å²) in [5.74, 6) is -3.31. The number of Topliss-reactive ketones (excluding diaryl/α,β-unsaturated/α-hetero) is 1. The van der Waals surface area contributed by atoms with Gasteiger partial charge in [0, 0.05) is 12.5 Å². The van der Waals surface area contributed by atoms with Crippen molar-refractivity contribution >= 4 is 23.3 Å². The van der Waals surface area contributed by atoms with Crippen LogP contribution in [0.25, 0.3) is 0 Å². The first-order valence-corrected chi connectivity index (χ1v) is 7.75. The number of nitrogens with zero attached hydrogens (tertiary/aromatic N) is 1. The number of piperidine rings is 1. The van der Waals surface area contributed by atoms with Gasteiger partial charge in [0.1, 0.15) is 5.69 Å². The van der Waals surface area contributed by atoms with Crippen LogP contribution in [-0.4, -0.2) is 28.6 Å². The highest BCUT2D eigenvalue weighted by Crippen LogP contribution is 2.28. The average Bonchev–Trinajstić information content (AvgIpc) is 2.45. The van der Waals surface area contributed by atoms with Crippen LogP contribution in [0.2, 0.25) is 0 Å². The maximum atomic E-state index is 12.5. The molecule has 136 valence electrons. The van der Waals surface area contributed by atoms with Gasteiger partial charge in [0.05, 0.1) is 11.9 Å². The van der Waals surface area contributed by atoms with Crippen LogP contribution in [-0.2, 0) is 20.6 Å². The number of ketones is 1. The zero-order valence-electron chi connectivity index (χ0n) is 13.7. The van der Waals surface area contributed by atoms with Crippen molar-refractivity contribution in [2.75, 3.05) is 5.32 Å². The molecule has 2 unspecified atom stereocenters. The Balaban J connectivity index is 2.03. The minimum Gasteiger partial charge on any atom is -0.352 e. The van der Waals surface area contributed by atoms with Gasteiger partial charge >= 0.3 is 6.18 Å². The molecular weight excluding hydrogens is 339 g/mol. The molecule has 0 spiro atoms. The minimum atomic E-state index is -4.59. The molecule has 1 aliphatic heterocycles. The highest BCUT2D eigenvalue weighted by molar-refractivity contribution is 6.22. The van der Waals surface area contributed by atoms with E-state index in [0.29, 0.717) is 12.5 Å². The van der Waals surface area contributed by atoms with Crippen molar-refractivity contribution in [3.63, 3.8) is 0 Å². The lowest BCUT2D eigenvalue weighted by atomic mass is 9.88. The zero-order chi connectivity index (χ0) is 18.8. The van der Waals surface area contributed by atoms with Crippen LogP contribution in [0.15, 0.2) is 18.3 Å². The van der Waals surface area contributed by atoms with Crippen molar-refractivity contribution in [2.24, 2.45) is 11.8 Å². The quantitative estimate of drug-likeness (QED) is 0.809. The van der Waals surface area contributed by atoms with E-state index in [2.05, 4.69) is 15.6 Å². The monoisotopic (exact) mass is 357 g/mol. The Morgan fingerprint density at radius 3 is 2.52 bits per heavy atom. The zero-order valence-corrected chi connectivity index (χ0v) is 13.7. The van der Waals surface area contributed by atoms with E-state index in [1.165, 1.54) is 0 Å². The number of amides is 2. The molecule has 0 saturated carbocycles. The molecule has 1 aromatic rings. The molecule has 9 heteroatoms. The lowest BCUT2D eigenvalue weighted by molar-refractivity contribution is -0.143. The van der Waals surface area contributed by atoms with E-state index in [1.54, 1.807) is 0 Å². The molecule has 0 aliphatic carbocycles.